The number of carbonyl (C=O) groups is 2. The summed E-state index contributed by atoms with van der Waals surface area (Å²) < 4.78 is 0. The Morgan fingerprint density at radius 1 is 1.14 bits per heavy atom. The molecule has 0 unspecified atom stereocenters. The molecule has 8 heteroatoms. The standard InChI is InChI=1S/C21H19ClN4O3/c1-13-2-4-14(5-3-13)10-24-21(29)18-8-15(11-23-18)12-25-26-20(28)16-6-7-19(27)17(22)9-16/h2-9,11-12,23,27H,10H2,1H3,(H,24,29)(H,26,28). The SMILES string of the molecule is Cc1ccc(CNC(=O)c2cc(C=NNC(=O)c3ccc(O)c(Cl)c3)c[nH]2)cc1. The fourth-order valence-electron chi connectivity index (χ4n) is 2.48. The number of aromatic hydroxyl groups is 1. The van der Waals surface area contributed by atoms with Crippen molar-refractivity contribution in [3.05, 3.63) is 87.7 Å². The third kappa shape index (κ3) is 5.46. The van der Waals surface area contributed by atoms with Crippen LogP contribution in [-0.2, 0) is 6.54 Å². The van der Waals surface area contributed by atoms with Gasteiger partial charge in [-0.3, -0.25) is 9.59 Å². The lowest BCUT2D eigenvalue weighted by Crippen LogP contribution is -2.23. The highest BCUT2D eigenvalue weighted by Crippen LogP contribution is 2.23. The summed E-state index contributed by atoms with van der Waals surface area (Å²) in [6.07, 6.45) is 3.01. The number of benzene rings is 2. The second-order valence-electron chi connectivity index (χ2n) is 6.38. The Kier molecular flexibility index (Phi) is 6.31. The average molecular weight is 411 g/mol. The van der Waals surface area contributed by atoms with Crippen LogP contribution in [0.25, 0.3) is 0 Å². The molecule has 2 aromatic carbocycles. The van der Waals surface area contributed by atoms with Crippen LogP contribution in [0.2, 0.25) is 5.02 Å². The zero-order valence-electron chi connectivity index (χ0n) is 15.6. The highest BCUT2D eigenvalue weighted by Gasteiger charge is 2.09. The number of amides is 2. The third-order valence-corrected chi connectivity index (χ3v) is 4.42. The van der Waals surface area contributed by atoms with Crippen LogP contribution in [-0.4, -0.2) is 28.1 Å². The van der Waals surface area contributed by atoms with Gasteiger partial charge in [-0.25, -0.2) is 5.43 Å². The molecule has 0 saturated carbocycles. The molecule has 0 saturated heterocycles. The first-order chi connectivity index (χ1) is 13.9. The lowest BCUT2D eigenvalue weighted by atomic mass is 10.1. The molecule has 0 spiro atoms. The summed E-state index contributed by atoms with van der Waals surface area (Å²) >= 11 is 5.78. The van der Waals surface area contributed by atoms with Gasteiger partial charge < -0.3 is 15.4 Å². The number of hydrogen-bond acceptors (Lipinski definition) is 4. The molecule has 7 nitrogen and oxygen atoms in total. The van der Waals surface area contributed by atoms with E-state index < -0.39 is 5.91 Å². The maximum absolute atomic E-state index is 12.2. The molecule has 0 aliphatic rings. The molecule has 3 rings (SSSR count). The number of hydrazone groups is 1. The van der Waals surface area contributed by atoms with Crippen LogP contribution < -0.4 is 10.7 Å². The maximum Gasteiger partial charge on any atom is 0.271 e. The van der Waals surface area contributed by atoms with Gasteiger partial charge in [0.1, 0.15) is 11.4 Å². The van der Waals surface area contributed by atoms with Gasteiger partial charge in [0.15, 0.2) is 0 Å². The minimum atomic E-state index is -0.477. The number of carbonyl (C=O) groups excluding carboxylic acids is 2. The highest BCUT2D eigenvalue weighted by molar-refractivity contribution is 6.32. The van der Waals surface area contributed by atoms with E-state index in [-0.39, 0.29) is 22.2 Å². The molecular formula is C21H19ClN4O3. The van der Waals surface area contributed by atoms with E-state index in [9.17, 15) is 14.7 Å². The van der Waals surface area contributed by atoms with Crippen molar-refractivity contribution >= 4 is 29.6 Å². The first-order valence-corrected chi connectivity index (χ1v) is 9.14. The number of phenolic OH excluding ortho intramolecular Hbond substituents is 1. The molecule has 0 aliphatic carbocycles. The summed E-state index contributed by atoms with van der Waals surface area (Å²) in [6, 6.07) is 13.6. The summed E-state index contributed by atoms with van der Waals surface area (Å²) in [6.45, 7) is 2.43. The second kappa shape index (κ2) is 9.07. The van der Waals surface area contributed by atoms with Gasteiger partial charge in [0.2, 0.25) is 0 Å². The van der Waals surface area contributed by atoms with E-state index in [1.54, 1.807) is 12.3 Å². The topological polar surface area (TPSA) is 107 Å². The minimum absolute atomic E-state index is 0.0774. The number of rotatable bonds is 6. The van der Waals surface area contributed by atoms with Crippen molar-refractivity contribution in [1.29, 1.82) is 0 Å². The maximum atomic E-state index is 12.2. The van der Waals surface area contributed by atoms with Gasteiger partial charge in [0.25, 0.3) is 11.8 Å². The van der Waals surface area contributed by atoms with Gasteiger partial charge in [-0.1, -0.05) is 41.4 Å². The number of nitrogens with zero attached hydrogens (tertiary/aromatic N) is 1. The number of aromatic amines is 1. The van der Waals surface area contributed by atoms with E-state index >= 15 is 0 Å². The largest absolute Gasteiger partial charge is 0.506 e. The Balaban J connectivity index is 1.53. The zero-order chi connectivity index (χ0) is 20.8. The van der Waals surface area contributed by atoms with Crippen LogP contribution in [0.15, 0.2) is 59.8 Å². The normalized spacial score (nSPS) is 10.8. The summed E-state index contributed by atoms with van der Waals surface area (Å²) in [4.78, 5) is 27.1. The van der Waals surface area contributed by atoms with Crippen LogP contribution in [0.5, 0.6) is 5.75 Å². The van der Waals surface area contributed by atoms with Gasteiger partial charge in [0.05, 0.1) is 11.2 Å². The Morgan fingerprint density at radius 3 is 2.62 bits per heavy atom. The monoisotopic (exact) mass is 410 g/mol. The molecule has 148 valence electrons. The van der Waals surface area contributed by atoms with E-state index in [1.807, 2.05) is 31.2 Å². The van der Waals surface area contributed by atoms with Crippen LogP contribution in [0.1, 0.15) is 37.5 Å². The average Bonchev–Trinajstić information content (AvgIpc) is 3.18. The molecule has 0 fully saturated rings. The number of H-pyrrole nitrogens is 1. The van der Waals surface area contributed by atoms with E-state index in [0.29, 0.717) is 17.8 Å². The molecule has 0 radical (unpaired) electrons. The molecule has 1 aromatic heterocycles. The van der Waals surface area contributed by atoms with E-state index in [0.717, 1.165) is 11.1 Å². The Bertz CT molecular complexity index is 1060. The summed E-state index contributed by atoms with van der Waals surface area (Å²) in [5.74, 6) is -0.824. The summed E-state index contributed by atoms with van der Waals surface area (Å²) in [7, 11) is 0. The Labute approximate surface area is 172 Å². The molecule has 4 N–H and O–H groups in total. The van der Waals surface area contributed by atoms with Gasteiger partial charge >= 0.3 is 0 Å². The van der Waals surface area contributed by atoms with Gasteiger partial charge in [-0.2, -0.15) is 5.10 Å². The molecule has 0 aliphatic heterocycles. The van der Waals surface area contributed by atoms with Crippen LogP contribution in [0, 0.1) is 6.92 Å². The number of aromatic nitrogens is 1. The zero-order valence-corrected chi connectivity index (χ0v) is 16.3. The second-order valence-corrected chi connectivity index (χ2v) is 6.79. The van der Waals surface area contributed by atoms with E-state index in [4.69, 9.17) is 11.6 Å². The molecule has 1 heterocycles. The number of phenols is 1. The molecular weight excluding hydrogens is 392 g/mol. The van der Waals surface area contributed by atoms with E-state index in [1.165, 1.54) is 24.4 Å². The van der Waals surface area contributed by atoms with Gasteiger partial charge in [0, 0.05) is 23.9 Å². The van der Waals surface area contributed by atoms with Gasteiger partial charge in [-0.05, 0) is 36.8 Å². The summed E-state index contributed by atoms with van der Waals surface area (Å²) in [5, 5.41) is 16.2. The predicted octanol–water partition coefficient (Wildman–Crippen LogP) is 3.38. The lowest BCUT2D eigenvalue weighted by molar-refractivity contribution is 0.0941. The van der Waals surface area contributed by atoms with Crippen LogP contribution >= 0.6 is 11.6 Å². The van der Waals surface area contributed by atoms with Gasteiger partial charge in [-0.15, -0.1) is 0 Å². The minimum Gasteiger partial charge on any atom is -0.506 e. The Morgan fingerprint density at radius 2 is 1.90 bits per heavy atom. The molecule has 2 amide bonds. The van der Waals surface area contributed by atoms with Crippen molar-refractivity contribution in [3.8, 4) is 5.75 Å². The third-order valence-electron chi connectivity index (χ3n) is 4.11. The molecule has 3 aromatic rings. The number of halogens is 1. The van der Waals surface area contributed by atoms with Crippen LogP contribution in [0.3, 0.4) is 0 Å². The smallest absolute Gasteiger partial charge is 0.271 e. The predicted molar refractivity (Wildman–Crippen MR) is 111 cm³/mol. The van der Waals surface area contributed by atoms with Crippen molar-refractivity contribution < 1.29 is 14.7 Å². The number of hydrogen-bond donors (Lipinski definition) is 4. The quantitative estimate of drug-likeness (QED) is 0.369. The van der Waals surface area contributed by atoms with Crippen molar-refractivity contribution in [2.75, 3.05) is 0 Å². The van der Waals surface area contributed by atoms with Crippen molar-refractivity contribution in [2.24, 2.45) is 5.10 Å². The van der Waals surface area contributed by atoms with Crippen LogP contribution in [0.4, 0.5) is 0 Å². The first kappa shape index (κ1) is 20.2. The van der Waals surface area contributed by atoms with E-state index in [2.05, 4.69) is 20.8 Å². The van der Waals surface area contributed by atoms with Crippen molar-refractivity contribution in [2.45, 2.75) is 13.5 Å². The Hall–Kier alpha value is -3.58. The number of aryl methyl sites for hydroxylation is 1. The van der Waals surface area contributed by atoms with Crippen molar-refractivity contribution in [3.63, 3.8) is 0 Å². The molecule has 29 heavy (non-hydrogen) atoms. The first-order valence-electron chi connectivity index (χ1n) is 8.76. The highest BCUT2D eigenvalue weighted by atomic mass is 35.5. The fourth-order valence-corrected chi connectivity index (χ4v) is 2.66. The van der Waals surface area contributed by atoms with Crippen molar-refractivity contribution in [1.82, 2.24) is 15.7 Å². The fraction of sp³-hybridized carbons (Fsp3) is 0.0952. The molecule has 0 bridgehead atoms. The summed E-state index contributed by atoms with van der Waals surface area (Å²) in [5.41, 5.74) is 5.79. The molecule has 0 atom stereocenters. The number of nitrogens with one attached hydrogen (secondary N) is 3. The lowest BCUT2D eigenvalue weighted by Gasteiger charge is -2.04.